The first-order valence-corrected chi connectivity index (χ1v) is 13.8. The number of hydrogen-bond acceptors (Lipinski definition) is 6. The zero-order valence-corrected chi connectivity index (χ0v) is 20.9. The lowest BCUT2D eigenvalue weighted by Gasteiger charge is -2.20. The number of alkyl halides is 3. The van der Waals surface area contributed by atoms with Gasteiger partial charge in [0.15, 0.2) is 0 Å². The predicted molar refractivity (Wildman–Crippen MR) is 134 cm³/mol. The summed E-state index contributed by atoms with van der Waals surface area (Å²) in [4.78, 5) is 23.1. The Morgan fingerprint density at radius 3 is 2.28 bits per heavy atom. The third kappa shape index (κ3) is 8.63. The zero-order chi connectivity index (χ0) is 26.2. The van der Waals surface area contributed by atoms with Gasteiger partial charge in [-0.25, -0.2) is 8.42 Å². The van der Waals surface area contributed by atoms with Crippen molar-refractivity contribution in [1.82, 2.24) is 5.43 Å². The van der Waals surface area contributed by atoms with Crippen molar-refractivity contribution in [2.45, 2.75) is 54.8 Å². The monoisotopic (exact) mass is 544 g/mol. The Hall–Kier alpha value is -2.93. The normalized spacial score (nSPS) is 14.6. The van der Waals surface area contributed by atoms with E-state index in [1.54, 1.807) is 6.07 Å². The van der Waals surface area contributed by atoms with Crippen molar-refractivity contribution in [3.8, 4) is 0 Å². The molecule has 0 aliphatic heterocycles. The highest BCUT2D eigenvalue weighted by molar-refractivity contribution is 7.99. The van der Waals surface area contributed by atoms with Crippen molar-refractivity contribution < 1.29 is 31.2 Å². The number of halogens is 3. The molecule has 3 rings (SSSR count). The van der Waals surface area contributed by atoms with Gasteiger partial charge in [-0.3, -0.25) is 25.2 Å². The van der Waals surface area contributed by atoms with E-state index < -0.39 is 22.1 Å². The molecule has 8 nitrogen and oxygen atoms in total. The Morgan fingerprint density at radius 1 is 0.944 bits per heavy atom. The molecule has 0 saturated heterocycles. The maximum absolute atomic E-state index is 12.8. The van der Waals surface area contributed by atoms with Gasteiger partial charge in [-0.15, -0.1) is 0 Å². The summed E-state index contributed by atoms with van der Waals surface area (Å²) in [5, 5.41) is 3.34. The molecule has 0 spiro atoms. The number of anilines is 3. The van der Waals surface area contributed by atoms with Gasteiger partial charge < -0.3 is 5.32 Å². The summed E-state index contributed by atoms with van der Waals surface area (Å²) in [5.74, 6) is -1.65. The lowest BCUT2D eigenvalue weighted by molar-refractivity contribution is -0.173. The van der Waals surface area contributed by atoms with Crippen LogP contribution >= 0.6 is 11.8 Å². The average Bonchev–Trinajstić information content (AvgIpc) is 2.83. The van der Waals surface area contributed by atoms with Gasteiger partial charge in [0.2, 0.25) is 5.91 Å². The molecule has 4 N–H and O–H groups in total. The topological polar surface area (TPSA) is 116 Å². The van der Waals surface area contributed by atoms with Gasteiger partial charge in [0.05, 0.1) is 10.6 Å². The molecule has 196 valence electrons. The molecule has 0 aromatic heterocycles. The van der Waals surface area contributed by atoms with Crippen LogP contribution in [0.1, 0.15) is 38.5 Å². The van der Waals surface area contributed by atoms with Crippen molar-refractivity contribution in [2.75, 3.05) is 21.2 Å². The molecule has 2 aromatic rings. The van der Waals surface area contributed by atoms with Crippen LogP contribution in [0.3, 0.4) is 0 Å². The Kier molecular flexibility index (Phi) is 9.49. The van der Waals surface area contributed by atoms with Crippen LogP contribution in [0.5, 0.6) is 0 Å². The number of carbonyl (C=O) groups is 2. The summed E-state index contributed by atoms with van der Waals surface area (Å²) in [7, 11) is -4.01. The standard InChI is InChI=1S/C23H27F3N4O4S2/c24-23(25,26)22(32)29-28-16-9-11-17(12-10-16)30-36(33,34)20-8-4-5-18(15-20)27-21(31)13-14-35-19-6-2-1-3-7-19/h4-5,8-12,15,19,28,30H,1-3,6-7,13-14H2,(H,27,31)(H,29,32). The first-order valence-electron chi connectivity index (χ1n) is 11.3. The van der Waals surface area contributed by atoms with Gasteiger partial charge >= 0.3 is 12.1 Å². The maximum atomic E-state index is 12.8. The Morgan fingerprint density at radius 2 is 1.61 bits per heavy atom. The molecule has 1 fully saturated rings. The van der Waals surface area contributed by atoms with E-state index in [-0.39, 0.29) is 22.2 Å². The summed E-state index contributed by atoms with van der Waals surface area (Å²) in [5.41, 5.74) is 4.20. The number of carbonyl (C=O) groups excluding carboxylic acids is 2. The summed E-state index contributed by atoms with van der Waals surface area (Å²) in [6, 6.07) is 11.0. The minimum Gasteiger partial charge on any atom is -0.326 e. The minimum absolute atomic E-state index is 0.0727. The third-order valence-corrected chi connectivity index (χ3v) is 8.14. The SMILES string of the molecule is O=C(CCSC1CCCCC1)Nc1cccc(S(=O)(=O)Nc2ccc(NNC(=O)C(F)(F)F)cc2)c1. The Labute approximate surface area is 211 Å². The smallest absolute Gasteiger partial charge is 0.326 e. The van der Waals surface area contributed by atoms with Crippen LogP contribution in [0, 0.1) is 0 Å². The third-order valence-electron chi connectivity index (χ3n) is 5.38. The van der Waals surface area contributed by atoms with Gasteiger partial charge in [0.25, 0.3) is 10.0 Å². The van der Waals surface area contributed by atoms with Crippen LogP contribution in [0.15, 0.2) is 53.4 Å². The lowest BCUT2D eigenvalue weighted by atomic mass is 10.0. The number of hydrogen-bond donors (Lipinski definition) is 4. The average molecular weight is 545 g/mol. The van der Waals surface area contributed by atoms with E-state index >= 15 is 0 Å². The summed E-state index contributed by atoms with van der Waals surface area (Å²) < 4.78 is 64.6. The van der Waals surface area contributed by atoms with Gasteiger partial charge in [-0.1, -0.05) is 25.3 Å². The van der Waals surface area contributed by atoms with Crippen LogP contribution in [-0.4, -0.2) is 37.4 Å². The Balaban J connectivity index is 1.52. The molecule has 2 aromatic carbocycles. The number of amides is 2. The summed E-state index contributed by atoms with van der Waals surface area (Å²) >= 11 is 1.81. The number of benzene rings is 2. The van der Waals surface area contributed by atoms with Crippen molar-refractivity contribution in [1.29, 1.82) is 0 Å². The molecule has 2 amide bonds. The first kappa shape index (κ1) is 27.7. The maximum Gasteiger partial charge on any atom is 0.472 e. The first-order chi connectivity index (χ1) is 17.0. The molecule has 13 heteroatoms. The van der Waals surface area contributed by atoms with Gasteiger partial charge in [-0.05, 0) is 55.3 Å². The van der Waals surface area contributed by atoms with E-state index in [0.717, 1.165) is 0 Å². The lowest BCUT2D eigenvalue weighted by Crippen LogP contribution is -2.40. The highest BCUT2D eigenvalue weighted by Crippen LogP contribution is 2.28. The molecule has 0 unspecified atom stereocenters. The van der Waals surface area contributed by atoms with Crippen molar-refractivity contribution in [2.24, 2.45) is 0 Å². The molecule has 1 saturated carbocycles. The van der Waals surface area contributed by atoms with Crippen molar-refractivity contribution in [3.05, 3.63) is 48.5 Å². The van der Waals surface area contributed by atoms with E-state index in [2.05, 4.69) is 15.5 Å². The van der Waals surface area contributed by atoms with Crippen LogP contribution in [0.2, 0.25) is 0 Å². The van der Waals surface area contributed by atoms with Gasteiger partial charge in [-0.2, -0.15) is 24.9 Å². The highest BCUT2D eigenvalue weighted by Gasteiger charge is 2.38. The molecule has 1 aliphatic rings. The fraction of sp³-hybridized carbons (Fsp3) is 0.391. The van der Waals surface area contributed by atoms with E-state index in [1.807, 2.05) is 11.8 Å². The molecular formula is C23H27F3N4O4S2. The quantitative estimate of drug-likeness (QED) is 0.317. The molecule has 1 aliphatic carbocycles. The van der Waals surface area contributed by atoms with Crippen LogP contribution in [-0.2, 0) is 19.6 Å². The van der Waals surface area contributed by atoms with Crippen LogP contribution in [0.25, 0.3) is 0 Å². The molecule has 0 heterocycles. The van der Waals surface area contributed by atoms with Crippen molar-refractivity contribution in [3.63, 3.8) is 0 Å². The largest absolute Gasteiger partial charge is 0.472 e. The number of nitrogens with one attached hydrogen (secondary N) is 4. The Bertz CT molecular complexity index is 1150. The second kappa shape index (κ2) is 12.3. The van der Waals surface area contributed by atoms with Crippen molar-refractivity contribution >= 4 is 50.7 Å². The molecule has 0 atom stereocenters. The fourth-order valence-electron chi connectivity index (χ4n) is 3.55. The molecular weight excluding hydrogens is 517 g/mol. The molecule has 0 bridgehead atoms. The van der Waals surface area contributed by atoms with Crippen LogP contribution in [0.4, 0.5) is 30.2 Å². The van der Waals surface area contributed by atoms with Gasteiger partial charge in [0, 0.05) is 28.8 Å². The summed E-state index contributed by atoms with van der Waals surface area (Å²) in [6.45, 7) is 0. The van der Waals surface area contributed by atoms with E-state index in [4.69, 9.17) is 0 Å². The number of hydrazine groups is 1. The molecule has 0 radical (unpaired) electrons. The zero-order valence-electron chi connectivity index (χ0n) is 19.2. The number of rotatable bonds is 10. The highest BCUT2D eigenvalue weighted by atomic mass is 32.2. The second-order valence-electron chi connectivity index (χ2n) is 8.22. The fourth-order valence-corrected chi connectivity index (χ4v) is 5.96. The van der Waals surface area contributed by atoms with E-state index in [1.165, 1.54) is 80.0 Å². The van der Waals surface area contributed by atoms with E-state index in [9.17, 15) is 31.2 Å². The number of thioether (sulfide) groups is 1. The van der Waals surface area contributed by atoms with Gasteiger partial charge in [0.1, 0.15) is 0 Å². The van der Waals surface area contributed by atoms with Crippen LogP contribution < -0.4 is 20.9 Å². The molecule has 36 heavy (non-hydrogen) atoms. The minimum atomic E-state index is -5.04. The van der Waals surface area contributed by atoms with E-state index in [0.29, 0.717) is 23.1 Å². The number of sulfonamides is 1. The summed E-state index contributed by atoms with van der Waals surface area (Å²) in [6.07, 6.45) is 1.42. The second-order valence-corrected chi connectivity index (χ2v) is 11.3. The predicted octanol–water partition coefficient (Wildman–Crippen LogP) is 4.89.